The highest BCUT2D eigenvalue weighted by Gasteiger charge is 2.39. The van der Waals surface area contributed by atoms with E-state index in [2.05, 4.69) is 32.9 Å². The Morgan fingerprint density at radius 3 is 2.27 bits per heavy atom. The summed E-state index contributed by atoms with van der Waals surface area (Å²) in [4.78, 5) is 27.2. The van der Waals surface area contributed by atoms with Crippen LogP contribution in [0.2, 0.25) is 0 Å². The highest BCUT2D eigenvalue weighted by atomic mass is 16.5. The molecule has 0 aromatic heterocycles. The molecule has 2 atom stereocenters. The third-order valence-electron chi connectivity index (χ3n) is 6.79. The van der Waals surface area contributed by atoms with E-state index >= 15 is 0 Å². The Kier molecular flexibility index (Phi) is 22.6. The first-order valence-electron chi connectivity index (χ1n) is 16.4. The Hall–Kier alpha value is -3.71. The Bertz CT molecular complexity index is 1170. The average Bonchev–Trinajstić information content (AvgIpc) is 3.14. The summed E-state index contributed by atoms with van der Waals surface area (Å²) in [5.74, 6) is -0.0128. The fourth-order valence-corrected chi connectivity index (χ4v) is 4.93. The topological polar surface area (TPSA) is 93.9 Å². The van der Waals surface area contributed by atoms with Gasteiger partial charge in [-0.15, -0.1) is 0 Å². The largest absolute Gasteiger partial charge is 0.490 e. The van der Waals surface area contributed by atoms with Crippen molar-refractivity contribution in [2.24, 2.45) is 0 Å². The molecule has 0 amide bonds. The standard InChI is InChI=1S/C28H32N2O4.C5H12.C3H9N.C2H6/c1-3-7-25-24-14-12-22(28(32)33)18-26(24)30(16-17-31)27(25)21-9-6-10-23(13-11-21)34-19-20(2)8-4-5-15-29;1-3-5-4-2;1-4(2)3;1-2/h4-5,8-15,17-18,25,27,29H,3,6-7,16,19H2,1-2H3,(H,32,33);3-5H2,1-2H3;1-3H3;1-2H3/b5-4-,20-8+,29-15?;;;. The molecule has 3 rings (SSSR count). The summed E-state index contributed by atoms with van der Waals surface area (Å²) in [6.07, 6.45) is 22.4. The Balaban J connectivity index is 0.00000153. The van der Waals surface area contributed by atoms with Gasteiger partial charge >= 0.3 is 5.97 Å². The van der Waals surface area contributed by atoms with Crippen LogP contribution in [0.1, 0.15) is 102 Å². The molecule has 2 unspecified atom stereocenters. The summed E-state index contributed by atoms with van der Waals surface area (Å²) in [7, 11) is 6.00. The van der Waals surface area contributed by atoms with Gasteiger partial charge in [0.25, 0.3) is 0 Å². The average molecular weight is 622 g/mol. The van der Waals surface area contributed by atoms with Crippen molar-refractivity contribution in [2.75, 3.05) is 39.2 Å². The number of rotatable bonds is 13. The molecule has 0 spiro atoms. The number of ether oxygens (including phenoxy) is 1. The molecular formula is C38H59N3O4. The number of hydrogen-bond donors (Lipinski definition) is 2. The number of unbranched alkanes of at least 4 members (excludes halogenated alkanes) is 2. The third-order valence-corrected chi connectivity index (χ3v) is 6.79. The second-order valence-electron chi connectivity index (χ2n) is 11.2. The fraction of sp³-hybridized carbons (Fsp3) is 0.500. The number of anilines is 1. The van der Waals surface area contributed by atoms with Crippen LogP contribution in [0.3, 0.4) is 0 Å². The number of benzene rings is 1. The van der Waals surface area contributed by atoms with Gasteiger partial charge in [0.1, 0.15) is 18.7 Å². The molecule has 1 aromatic carbocycles. The zero-order valence-electron chi connectivity index (χ0n) is 29.3. The van der Waals surface area contributed by atoms with Gasteiger partial charge in [0, 0.05) is 17.8 Å². The Morgan fingerprint density at radius 2 is 1.73 bits per heavy atom. The summed E-state index contributed by atoms with van der Waals surface area (Å²) < 4.78 is 5.97. The summed E-state index contributed by atoms with van der Waals surface area (Å²) in [6, 6.07) is 5.22. The zero-order valence-corrected chi connectivity index (χ0v) is 29.3. The minimum atomic E-state index is -0.971. The summed E-state index contributed by atoms with van der Waals surface area (Å²) in [5, 5.41) is 16.5. The van der Waals surface area contributed by atoms with E-state index in [0.29, 0.717) is 13.0 Å². The first kappa shape index (κ1) is 41.3. The van der Waals surface area contributed by atoms with Crippen molar-refractivity contribution in [1.29, 1.82) is 5.41 Å². The number of allylic oxidation sites excluding steroid dienone is 6. The Labute approximate surface area is 273 Å². The molecule has 0 fully saturated rings. The minimum absolute atomic E-state index is 0.0407. The number of fused-ring (bicyclic) bond motifs is 1. The highest BCUT2D eigenvalue weighted by Crippen LogP contribution is 2.46. The van der Waals surface area contributed by atoms with Crippen LogP contribution in [0.25, 0.3) is 0 Å². The maximum atomic E-state index is 11.6. The number of hydrogen-bond acceptors (Lipinski definition) is 6. The van der Waals surface area contributed by atoms with Gasteiger partial charge in [0.15, 0.2) is 0 Å². The van der Waals surface area contributed by atoms with Crippen LogP contribution in [0.5, 0.6) is 0 Å². The van der Waals surface area contributed by atoms with E-state index in [0.717, 1.165) is 47.3 Å². The molecule has 1 heterocycles. The summed E-state index contributed by atoms with van der Waals surface area (Å²) in [6.45, 7) is 13.2. The van der Waals surface area contributed by atoms with E-state index in [9.17, 15) is 14.7 Å². The van der Waals surface area contributed by atoms with Crippen molar-refractivity contribution in [2.45, 2.75) is 92.0 Å². The number of carboxylic acids is 1. The van der Waals surface area contributed by atoms with Crippen molar-refractivity contribution in [3.05, 3.63) is 88.8 Å². The zero-order chi connectivity index (χ0) is 34.2. The van der Waals surface area contributed by atoms with Crippen LogP contribution in [0.4, 0.5) is 5.69 Å². The molecule has 7 nitrogen and oxygen atoms in total. The number of aromatic carboxylic acids is 1. The molecule has 0 radical (unpaired) electrons. The van der Waals surface area contributed by atoms with E-state index in [4.69, 9.17) is 10.1 Å². The van der Waals surface area contributed by atoms with Gasteiger partial charge in [-0.25, -0.2) is 4.79 Å². The van der Waals surface area contributed by atoms with Gasteiger partial charge in [0.2, 0.25) is 0 Å². The quantitative estimate of drug-likeness (QED) is 0.130. The first-order valence-corrected chi connectivity index (χ1v) is 16.4. The van der Waals surface area contributed by atoms with E-state index < -0.39 is 5.97 Å². The van der Waals surface area contributed by atoms with Crippen LogP contribution < -0.4 is 4.90 Å². The van der Waals surface area contributed by atoms with Crippen molar-refractivity contribution in [3.63, 3.8) is 0 Å². The van der Waals surface area contributed by atoms with E-state index in [-0.39, 0.29) is 24.1 Å². The predicted molar refractivity (Wildman–Crippen MR) is 192 cm³/mol. The van der Waals surface area contributed by atoms with E-state index in [1.165, 1.54) is 25.5 Å². The molecule has 0 bridgehead atoms. The van der Waals surface area contributed by atoms with Gasteiger partial charge in [-0.1, -0.05) is 90.7 Å². The third kappa shape index (κ3) is 15.2. The van der Waals surface area contributed by atoms with Crippen molar-refractivity contribution >= 4 is 24.2 Å². The van der Waals surface area contributed by atoms with Gasteiger partial charge in [-0.05, 0) is 88.0 Å². The van der Waals surface area contributed by atoms with Crippen LogP contribution >= 0.6 is 0 Å². The SMILES string of the molecule is CC.CCCC1c2ccc(C(=O)O)cc2N(CC=O)C1C1=CCC=C(OC/C(C)=C/C=C\C=N)C=C1.CCCCC.CN(C)C. The fourth-order valence-electron chi connectivity index (χ4n) is 4.93. The lowest BCUT2D eigenvalue weighted by atomic mass is 9.86. The van der Waals surface area contributed by atoms with Gasteiger partial charge < -0.3 is 29.8 Å². The predicted octanol–water partition coefficient (Wildman–Crippen LogP) is 9.00. The van der Waals surface area contributed by atoms with E-state index in [1.54, 1.807) is 18.2 Å². The summed E-state index contributed by atoms with van der Waals surface area (Å²) >= 11 is 0. The molecule has 2 aliphatic rings. The normalized spacial score (nSPS) is 16.9. The smallest absolute Gasteiger partial charge is 0.335 e. The maximum absolute atomic E-state index is 11.6. The van der Waals surface area contributed by atoms with Crippen molar-refractivity contribution < 1.29 is 19.4 Å². The molecule has 1 aliphatic heterocycles. The molecule has 1 aromatic rings. The first-order chi connectivity index (χ1) is 21.6. The van der Waals surface area contributed by atoms with Gasteiger partial charge in [0.05, 0.1) is 18.2 Å². The molecule has 0 saturated carbocycles. The molecule has 2 N–H and O–H groups in total. The molecular weight excluding hydrogens is 562 g/mol. The lowest BCUT2D eigenvalue weighted by Gasteiger charge is -2.30. The number of carbonyl (C=O) groups is 2. The monoisotopic (exact) mass is 621 g/mol. The number of nitrogens with zero attached hydrogens (tertiary/aromatic N) is 2. The van der Waals surface area contributed by atoms with Crippen LogP contribution in [-0.2, 0) is 9.53 Å². The second kappa shape index (κ2) is 24.6. The van der Waals surface area contributed by atoms with Crippen LogP contribution in [0.15, 0.2) is 77.6 Å². The molecule has 1 aliphatic carbocycles. The maximum Gasteiger partial charge on any atom is 0.335 e. The van der Waals surface area contributed by atoms with Gasteiger partial charge in [-0.3, -0.25) is 0 Å². The number of carboxylic acid groups (broad SMARTS) is 1. The van der Waals surface area contributed by atoms with Crippen LogP contribution in [0, 0.1) is 5.41 Å². The number of aldehydes is 1. The number of carbonyl (C=O) groups excluding carboxylic acids is 1. The minimum Gasteiger partial charge on any atom is -0.490 e. The lowest BCUT2D eigenvalue weighted by Crippen LogP contribution is -2.36. The van der Waals surface area contributed by atoms with Crippen LogP contribution in [-0.4, -0.2) is 68.8 Å². The van der Waals surface area contributed by atoms with E-state index in [1.807, 2.05) is 82.1 Å². The molecule has 45 heavy (non-hydrogen) atoms. The summed E-state index contributed by atoms with van der Waals surface area (Å²) in [5.41, 5.74) is 4.31. The van der Waals surface area contributed by atoms with Crippen molar-refractivity contribution in [1.82, 2.24) is 4.90 Å². The van der Waals surface area contributed by atoms with Gasteiger partial charge in [-0.2, -0.15) is 0 Å². The molecule has 250 valence electrons. The second-order valence-corrected chi connectivity index (χ2v) is 11.2. The molecule has 7 heteroatoms. The van der Waals surface area contributed by atoms with Crippen molar-refractivity contribution in [3.8, 4) is 0 Å². The molecule has 0 saturated heterocycles. The lowest BCUT2D eigenvalue weighted by molar-refractivity contribution is -0.106. The Morgan fingerprint density at radius 1 is 1.07 bits per heavy atom. The number of nitrogens with one attached hydrogen (secondary N) is 1. The highest BCUT2D eigenvalue weighted by molar-refractivity contribution is 5.90.